The molecule has 0 amide bonds. The maximum Gasteiger partial charge on any atom is 0.257 e. The maximum absolute atomic E-state index is 5.02. The van der Waals surface area contributed by atoms with Crippen molar-refractivity contribution in [3.63, 3.8) is 0 Å². The molecule has 2 rings (SSSR count). The Morgan fingerprint density at radius 1 is 1.36 bits per heavy atom. The van der Waals surface area contributed by atoms with E-state index in [4.69, 9.17) is 8.83 Å². The van der Waals surface area contributed by atoms with Crippen LogP contribution in [-0.4, -0.2) is 4.98 Å². The zero-order valence-corrected chi connectivity index (χ0v) is 7.61. The molecule has 0 saturated heterocycles. The number of aromatic nitrogens is 1. The van der Waals surface area contributed by atoms with Gasteiger partial charge in [0.05, 0.1) is 12.5 Å². The van der Waals surface area contributed by atoms with Gasteiger partial charge in [0.1, 0.15) is 12.0 Å². The van der Waals surface area contributed by atoms with E-state index in [0.29, 0.717) is 3.90 Å². The monoisotopic (exact) mass is 261 g/mol. The van der Waals surface area contributed by atoms with Gasteiger partial charge in [0.2, 0.25) is 0 Å². The van der Waals surface area contributed by atoms with Gasteiger partial charge >= 0.3 is 0 Å². The Labute approximate surface area is 76.6 Å². The number of hydrogen-bond acceptors (Lipinski definition) is 3. The second kappa shape index (κ2) is 2.69. The first-order valence-corrected chi connectivity index (χ1v) is 4.08. The molecule has 0 bridgehead atoms. The Balaban J connectivity index is 2.45. The topological polar surface area (TPSA) is 39.2 Å². The Bertz CT molecular complexity index is 339. The Kier molecular flexibility index (Phi) is 1.69. The lowest BCUT2D eigenvalue weighted by Gasteiger charge is -1.81. The third-order valence-corrected chi connectivity index (χ3v) is 1.79. The van der Waals surface area contributed by atoms with Crippen molar-refractivity contribution in [1.82, 2.24) is 4.98 Å². The van der Waals surface area contributed by atoms with Crippen molar-refractivity contribution in [1.29, 1.82) is 0 Å². The third-order valence-electron chi connectivity index (χ3n) is 1.29. The van der Waals surface area contributed by atoms with Crippen molar-refractivity contribution in [3.05, 3.63) is 28.8 Å². The van der Waals surface area contributed by atoms with E-state index in [2.05, 4.69) is 4.98 Å². The van der Waals surface area contributed by atoms with Crippen LogP contribution in [0.5, 0.6) is 0 Å². The summed E-state index contributed by atoms with van der Waals surface area (Å²) in [5, 5.41) is 0. The van der Waals surface area contributed by atoms with Crippen molar-refractivity contribution in [2.75, 3.05) is 0 Å². The number of nitrogens with zero attached hydrogens (tertiary/aromatic N) is 1. The highest BCUT2D eigenvalue weighted by atomic mass is 127. The molecule has 11 heavy (non-hydrogen) atoms. The second-order valence-electron chi connectivity index (χ2n) is 2.00. The quantitative estimate of drug-likeness (QED) is 0.740. The van der Waals surface area contributed by atoms with Crippen LogP contribution in [-0.2, 0) is 0 Å². The second-order valence-corrected chi connectivity index (χ2v) is 2.92. The summed E-state index contributed by atoms with van der Waals surface area (Å²) in [5.41, 5.74) is 1.75. The van der Waals surface area contributed by atoms with Gasteiger partial charge < -0.3 is 8.83 Å². The lowest BCUT2D eigenvalue weighted by atomic mass is 10.3. The number of rotatable bonds is 1. The van der Waals surface area contributed by atoms with Crippen molar-refractivity contribution in [2.24, 2.45) is 0 Å². The van der Waals surface area contributed by atoms with Crippen LogP contribution in [0.4, 0.5) is 0 Å². The van der Waals surface area contributed by atoms with Gasteiger partial charge in [0.25, 0.3) is 3.90 Å². The fraction of sp³-hybridized carbons (Fsp3) is 0. The molecule has 0 spiro atoms. The van der Waals surface area contributed by atoms with Gasteiger partial charge in [-0.05, 0) is 6.07 Å². The smallest absolute Gasteiger partial charge is 0.257 e. The zero-order chi connectivity index (χ0) is 7.68. The highest BCUT2D eigenvalue weighted by molar-refractivity contribution is 14.1. The summed E-state index contributed by atoms with van der Waals surface area (Å²) in [6, 6.07) is 1.84. The molecule has 0 aliphatic heterocycles. The Morgan fingerprint density at radius 2 is 2.27 bits per heavy atom. The van der Waals surface area contributed by atoms with E-state index in [-0.39, 0.29) is 0 Å². The minimum Gasteiger partial charge on any atom is -0.472 e. The standard InChI is InChI=1S/C7H4INO2/c8-7-9-6(4-11-7)5-1-2-10-3-5/h1-4H. The van der Waals surface area contributed by atoms with Crippen molar-refractivity contribution in [3.8, 4) is 11.3 Å². The van der Waals surface area contributed by atoms with Crippen molar-refractivity contribution in [2.45, 2.75) is 0 Å². The van der Waals surface area contributed by atoms with Gasteiger partial charge in [-0.15, -0.1) is 0 Å². The van der Waals surface area contributed by atoms with E-state index >= 15 is 0 Å². The largest absolute Gasteiger partial charge is 0.472 e. The predicted octanol–water partition coefficient (Wildman–Crippen LogP) is 2.54. The molecule has 0 N–H and O–H groups in total. The molecule has 0 unspecified atom stereocenters. The summed E-state index contributed by atoms with van der Waals surface area (Å²) in [7, 11) is 0. The first-order chi connectivity index (χ1) is 5.36. The Morgan fingerprint density at radius 3 is 2.82 bits per heavy atom. The fourth-order valence-corrected chi connectivity index (χ4v) is 1.18. The lowest BCUT2D eigenvalue weighted by Crippen LogP contribution is -1.71. The summed E-state index contributed by atoms with van der Waals surface area (Å²) < 4.78 is 10.6. The minimum atomic E-state index is 0.638. The summed E-state index contributed by atoms with van der Waals surface area (Å²) in [6.07, 6.45) is 4.84. The average molecular weight is 261 g/mol. The van der Waals surface area contributed by atoms with Crippen LogP contribution in [0.3, 0.4) is 0 Å². The van der Waals surface area contributed by atoms with Crippen LogP contribution in [0.15, 0.2) is 33.7 Å². The van der Waals surface area contributed by atoms with Crippen LogP contribution < -0.4 is 0 Å². The molecule has 0 aromatic carbocycles. The molecule has 0 saturated carbocycles. The van der Waals surface area contributed by atoms with E-state index in [1.165, 1.54) is 0 Å². The molecule has 4 heteroatoms. The Hall–Kier alpha value is -0.780. The summed E-state index contributed by atoms with van der Waals surface area (Å²) in [6.45, 7) is 0. The summed E-state index contributed by atoms with van der Waals surface area (Å²) >= 11 is 2.02. The van der Waals surface area contributed by atoms with Gasteiger partial charge in [-0.2, -0.15) is 0 Å². The normalized spacial score (nSPS) is 10.3. The molecule has 0 atom stereocenters. The van der Waals surface area contributed by atoms with E-state index < -0.39 is 0 Å². The van der Waals surface area contributed by atoms with Gasteiger partial charge in [0.15, 0.2) is 0 Å². The number of furan rings is 1. The highest BCUT2D eigenvalue weighted by Crippen LogP contribution is 2.18. The molecule has 2 aromatic rings. The lowest BCUT2D eigenvalue weighted by molar-refractivity contribution is 0.525. The maximum atomic E-state index is 5.02. The van der Waals surface area contributed by atoms with Crippen molar-refractivity contribution < 1.29 is 8.83 Å². The van der Waals surface area contributed by atoms with Gasteiger partial charge in [-0.25, -0.2) is 4.98 Å². The molecule has 0 aliphatic carbocycles. The first kappa shape index (κ1) is 6.90. The molecule has 3 nitrogen and oxygen atoms in total. The van der Waals surface area contributed by atoms with E-state index in [9.17, 15) is 0 Å². The van der Waals surface area contributed by atoms with E-state index in [1.807, 2.05) is 28.7 Å². The summed E-state index contributed by atoms with van der Waals surface area (Å²) in [4.78, 5) is 4.11. The van der Waals surface area contributed by atoms with E-state index in [1.54, 1.807) is 18.8 Å². The third kappa shape index (κ3) is 1.30. The van der Waals surface area contributed by atoms with Crippen LogP contribution in [0.2, 0.25) is 0 Å². The first-order valence-electron chi connectivity index (χ1n) is 3.00. The zero-order valence-electron chi connectivity index (χ0n) is 5.45. The molecule has 56 valence electrons. The van der Waals surface area contributed by atoms with Crippen molar-refractivity contribution >= 4 is 22.6 Å². The minimum absolute atomic E-state index is 0.638. The average Bonchev–Trinajstić information content (AvgIpc) is 2.55. The van der Waals surface area contributed by atoms with E-state index in [0.717, 1.165) is 11.3 Å². The number of halogens is 1. The molecule has 2 aromatic heterocycles. The fourth-order valence-electron chi connectivity index (χ4n) is 0.795. The van der Waals surface area contributed by atoms with Crippen LogP contribution in [0, 0.1) is 3.90 Å². The van der Waals surface area contributed by atoms with Crippen LogP contribution in [0.25, 0.3) is 11.3 Å². The SMILES string of the molecule is Ic1nc(-c2ccoc2)co1. The molecular formula is C7H4INO2. The molecule has 0 radical (unpaired) electrons. The van der Waals surface area contributed by atoms with Gasteiger partial charge in [-0.1, -0.05) is 0 Å². The molecule has 2 heterocycles. The molecular weight excluding hydrogens is 257 g/mol. The summed E-state index contributed by atoms with van der Waals surface area (Å²) in [5.74, 6) is 0. The predicted molar refractivity (Wildman–Crippen MR) is 46.9 cm³/mol. The highest BCUT2D eigenvalue weighted by Gasteiger charge is 2.03. The molecule has 0 aliphatic rings. The van der Waals surface area contributed by atoms with Gasteiger partial charge in [0, 0.05) is 28.2 Å². The van der Waals surface area contributed by atoms with Crippen LogP contribution in [0.1, 0.15) is 0 Å². The number of oxazole rings is 1. The molecule has 0 fully saturated rings. The number of hydrogen-bond donors (Lipinski definition) is 0. The van der Waals surface area contributed by atoms with Crippen LogP contribution >= 0.6 is 22.6 Å². The van der Waals surface area contributed by atoms with Gasteiger partial charge in [-0.3, -0.25) is 0 Å².